The maximum atomic E-state index is 8.64. The quantitative estimate of drug-likeness (QED) is 0.203. The average molecular weight is 441 g/mol. The smallest absolute Gasteiger partial charge is 0.142 e. The van der Waals surface area contributed by atoms with Gasteiger partial charge in [-0.3, -0.25) is 0 Å². The van der Waals surface area contributed by atoms with Gasteiger partial charge in [0, 0.05) is 35.8 Å². The number of benzene rings is 3. The first kappa shape index (κ1) is 24.3. The summed E-state index contributed by atoms with van der Waals surface area (Å²) in [6.45, 7) is 1.08. The molecule has 172 valence electrons. The molecule has 0 unspecified atom stereocenters. The number of nitrogens with two attached hydrogens (primary N) is 6. The van der Waals surface area contributed by atoms with Crippen LogP contribution in [0.25, 0.3) is 0 Å². The van der Waals surface area contributed by atoms with Gasteiger partial charge in [-0.05, 0) is 66.6 Å². The third-order valence-corrected chi connectivity index (χ3v) is 4.42. The molecule has 9 nitrogen and oxygen atoms in total. The molecule has 0 saturated carbocycles. The van der Waals surface area contributed by atoms with Gasteiger partial charge in [0.2, 0.25) is 0 Å². The van der Waals surface area contributed by atoms with E-state index in [1.54, 1.807) is 54.6 Å². The first-order valence-corrected chi connectivity index (χ1v) is 10.1. The molecule has 3 aromatic rings. The van der Waals surface area contributed by atoms with Gasteiger partial charge in [0.15, 0.2) is 0 Å². The molecule has 0 bridgehead atoms. The van der Waals surface area contributed by atoms with Gasteiger partial charge in [0.1, 0.15) is 11.5 Å². The molecule has 0 saturated heterocycles. The van der Waals surface area contributed by atoms with Gasteiger partial charge in [-0.1, -0.05) is 0 Å². The molecular formula is C23H32N6O3. The summed E-state index contributed by atoms with van der Waals surface area (Å²) in [5.41, 5.74) is 38.5. The molecule has 3 aromatic carbocycles. The number of aliphatic hydroxyl groups is 1. The molecule has 0 amide bonds. The SMILES string of the molecule is Nc1ccc(N)c(CCO)c1.Nc1ccc(OCCCOc2ccc(N)cc2N)c(N)c1. The van der Waals surface area contributed by atoms with Crippen molar-refractivity contribution in [1.82, 2.24) is 0 Å². The van der Waals surface area contributed by atoms with Gasteiger partial charge < -0.3 is 49.0 Å². The van der Waals surface area contributed by atoms with Crippen molar-refractivity contribution in [3.8, 4) is 11.5 Å². The van der Waals surface area contributed by atoms with E-state index < -0.39 is 0 Å². The molecule has 0 aliphatic rings. The minimum absolute atomic E-state index is 0.105. The fourth-order valence-electron chi connectivity index (χ4n) is 2.78. The minimum atomic E-state index is 0.105. The topological polar surface area (TPSA) is 195 Å². The van der Waals surface area contributed by atoms with Crippen molar-refractivity contribution in [2.24, 2.45) is 0 Å². The largest absolute Gasteiger partial charge is 0.491 e. The highest BCUT2D eigenvalue weighted by atomic mass is 16.5. The molecular weight excluding hydrogens is 408 g/mol. The molecule has 32 heavy (non-hydrogen) atoms. The van der Waals surface area contributed by atoms with Crippen LogP contribution in [0.5, 0.6) is 11.5 Å². The van der Waals surface area contributed by atoms with Gasteiger partial charge in [-0.25, -0.2) is 0 Å². The lowest BCUT2D eigenvalue weighted by Crippen LogP contribution is -2.07. The summed E-state index contributed by atoms with van der Waals surface area (Å²) in [7, 11) is 0. The molecule has 0 atom stereocenters. The number of aliphatic hydroxyl groups excluding tert-OH is 1. The van der Waals surface area contributed by atoms with Crippen molar-refractivity contribution in [1.29, 1.82) is 0 Å². The van der Waals surface area contributed by atoms with E-state index in [0.717, 1.165) is 5.56 Å². The highest BCUT2D eigenvalue weighted by Crippen LogP contribution is 2.25. The van der Waals surface area contributed by atoms with E-state index in [4.69, 9.17) is 49.0 Å². The van der Waals surface area contributed by atoms with Gasteiger partial charge in [-0.2, -0.15) is 0 Å². The highest BCUT2D eigenvalue weighted by Gasteiger charge is 2.03. The fraction of sp³-hybridized carbons (Fsp3) is 0.217. The zero-order valence-electron chi connectivity index (χ0n) is 18.0. The maximum Gasteiger partial charge on any atom is 0.142 e. The van der Waals surface area contributed by atoms with Crippen molar-refractivity contribution >= 4 is 34.1 Å². The van der Waals surface area contributed by atoms with E-state index in [2.05, 4.69) is 0 Å². The van der Waals surface area contributed by atoms with Crippen LogP contribution in [0.1, 0.15) is 12.0 Å². The summed E-state index contributed by atoms with van der Waals surface area (Å²) in [5.74, 6) is 1.24. The zero-order valence-corrected chi connectivity index (χ0v) is 18.0. The molecule has 13 N–H and O–H groups in total. The molecule has 0 heterocycles. The number of anilines is 6. The molecule has 0 fully saturated rings. The fourth-order valence-corrected chi connectivity index (χ4v) is 2.78. The Labute approximate surface area is 187 Å². The molecule has 0 aromatic heterocycles. The Hall–Kier alpha value is -3.98. The zero-order chi connectivity index (χ0) is 23.5. The van der Waals surface area contributed by atoms with Gasteiger partial charge in [0.25, 0.3) is 0 Å². The first-order valence-electron chi connectivity index (χ1n) is 10.1. The number of ether oxygens (including phenoxy) is 2. The minimum Gasteiger partial charge on any atom is -0.491 e. The lowest BCUT2D eigenvalue weighted by Gasteiger charge is -2.11. The first-order chi connectivity index (χ1) is 15.3. The Balaban J connectivity index is 0.000000278. The van der Waals surface area contributed by atoms with Crippen LogP contribution in [-0.4, -0.2) is 24.9 Å². The van der Waals surface area contributed by atoms with Gasteiger partial charge in [0.05, 0.1) is 24.6 Å². The Morgan fingerprint density at radius 3 is 1.53 bits per heavy atom. The number of hydrogen-bond donors (Lipinski definition) is 7. The summed E-state index contributed by atoms with van der Waals surface area (Å²) in [6, 6.07) is 15.6. The monoisotopic (exact) mass is 440 g/mol. The molecule has 0 radical (unpaired) electrons. The highest BCUT2D eigenvalue weighted by molar-refractivity contribution is 5.61. The lowest BCUT2D eigenvalue weighted by molar-refractivity contribution is 0.249. The Bertz CT molecular complexity index is 960. The number of rotatable bonds is 8. The van der Waals surface area contributed by atoms with Crippen LogP contribution >= 0.6 is 0 Å². The Morgan fingerprint density at radius 2 is 1.06 bits per heavy atom. The van der Waals surface area contributed by atoms with Crippen LogP contribution in [0.15, 0.2) is 54.6 Å². The maximum absolute atomic E-state index is 8.64. The van der Waals surface area contributed by atoms with Crippen LogP contribution in [0.3, 0.4) is 0 Å². The Morgan fingerprint density at radius 1 is 0.594 bits per heavy atom. The second kappa shape index (κ2) is 12.0. The third kappa shape index (κ3) is 7.69. The summed E-state index contributed by atoms with van der Waals surface area (Å²) >= 11 is 0. The van der Waals surface area contributed by atoms with E-state index in [1.165, 1.54) is 0 Å². The number of nitrogen functional groups attached to an aromatic ring is 6. The normalized spacial score (nSPS) is 10.2. The molecule has 3 rings (SSSR count). The molecule has 0 aliphatic carbocycles. The van der Waals surface area contributed by atoms with Crippen LogP contribution in [0, 0.1) is 0 Å². The van der Waals surface area contributed by atoms with E-state index in [1.807, 2.05) is 0 Å². The van der Waals surface area contributed by atoms with Crippen LogP contribution in [-0.2, 0) is 6.42 Å². The van der Waals surface area contributed by atoms with Crippen molar-refractivity contribution in [2.45, 2.75) is 12.8 Å². The molecule has 9 heteroatoms. The second-order valence-corrected chi connectivity index (χ2v) is 7.08. The Kier molecular flexibility index (Phi) is 9.12. The van der Waals surface area contributed by atoms with E-state index in [-0.39, 0.29) is 6.61 Å². The average Bonchev–Trinajstić information content (AvgIpc) is 2.74. The lowest BCUT2D eigenvalue weighted by atomic mass is 10.1. The van der Waals surface area contributed by atoms with Crippen molar-refractivity contribution in [3.63, 3.8) is 0 Å². The summed E-state index contributed by atoms with van der Waals surface area (Å²) in [4.78, 5) is 0. The summed E-state index contributed by atoms with van der Waals surface area (Å²) in [6.07, 6.45) is 1.27. The predicted molar refractivity (Wildman–Crippen MR) is 132 cm³/mol. The third-order valence-electron chi connectivity index (χ3n) is 4.42. The van der Waals surface area contributed by atoms with Crippen LogP contribution in [0.2, 0.25) is 0 Å². The molecule has 0 aliphatic heterocycles. The molecule has 0 spiro atoms. The van der Waals surface area contributed by atoms with Crippen molar-refractivity contribution in [2.75, 3.05) is 54.2 Å². The van der Waals surface area contributed by atoms with E-state index in [9.17, 15) is 0 Å². The van der Waals surface area contributed by atoms with E-state index >= 15 is 0 Å². The van der Waals surface area contributed by atoms with E-state index in [0.29, 0.717) is 71.7 Å². The standard InChI is InChI=1S/C15H20N4O2.C8H12N2O/c16-10-2-4-14(12(18)8-10)20-6-1-7-21-15-5-3-11(17)9-13(15)19;9-7-1-2-8(10)6(5-7)3-4-11/h2-5,8-9H,1,6-7,16-19H2;1-2,5,11H,3-4,9-10H2. The van der Waals surface area contributed by atoms with Gasteiger partial charge >= 0.3 is 0 Å². The number of hydrogen-bond acceptors (Lipinski definition) is 9. The van der Waals surface area contributed by atoms with Crippen molar-refractivity contribution in [3.05, 3.63) is 60.2 Å². The summed E-state index contributed by atoms with van der Waals surface area (Å²) in [5, 5.41) is 8.64. The summed E-state index contributed by atoms with van der Waals surface area (Å²) < 4.78 is 11.1. The van der Waals surface area contributed by atoms with Gasteiger partial charge in [-0.15, -0.1) is 0 Å². The van der Waals surface area contributed by atoms with Crippen LogP contribution in [0.4, 0.5) is 34.1 Å². The van der Waals surface area contributed by atoms with Crippen molar-refractivity contribution < 1.29 is 14.6 Å². The van der Waals surface area contributed by atoms with Crippen LogP contribution < -0.4 is 43.9 Å². The predicted octanol–water partition coefficient (Wildman–Crippen LogP) is 2.25. The second-order valence-electron chi connectivity index (χ2n) is 7.08.